The van der Waals surface area contributed by atoms with Crippen LogP contribution in [0.3, 0.4) is 0 Å². The minimum absolute atomic E-state index is 0.175. The summed E-state index contributed by atoms with van der Waals surface area (Å²) in [4.78, 5) is 6.97. The molecule has 1 aliphatic rings. The number of nitrogens with one attached hydrogen (secondary N) is 1. The van der Waals surface area contributed by atoms with Gasteiger partial charge in [-0.3, -0.25) is 0 Å². The Morgan fingerprint density at radius 2 is 1.93 bits per heavy atom. The first-order chi connectivity index (χ1) is 14.5. The van der Waals surface area contributed by atoms with E-state index in [1.54, 1.807) is 30.4 Å². The van der Waals surface area contributed by atoms with Crippen LogP contribution >= 0.6 is 11.3 Å². The fourth-order valence-electron chi connectivity index (χ4n) is 3.82. The van der Waals surface area contributed by atoms with Crippen molar-refractivity contribution in [2.75, 3.05) is 26.2 Å². The molecule has 0 spiro atoms. The highest BCUT2D eigenvalue weighted by molar-refractivity contribution is 7.18. The third kappa shape index (κ3) is 5.76. The second kappa shape index (κ2) is 9.39. The summed E-state index contributed by atoms with van der Waals surface area (Å²) in [6.45, 7) is 5.18. The average molecular weight is 430 g/mol. The van der Waals surface area contributed by atoms with Crippen LogP contribution in [0, 0.1) is 5.82 Å². The van der Waals surface area contributed by atoms with Crippen LogP contribution in [-0.4, -0.2) is 52.9 Å². The first-order valence-corrected chi connectivity index (χ1v) is 11.2. The Balaban J connectivity index is 1.19. The summed E-state index contributed by atoms with van der Waals surface area (Å²) in [5, 5.41) is 15.5. The first-order valence-electron chi connectivity index (χ1n) is 10.4. The lowest BCUT2D eigenvalue weighted by Crippen LogP contribution is -2.50. The molecule has 4 rings (SSSR count). The molecule has 2 aromatic carbocycles. The summed E-state index contributed by atoms with van der Waals surface area (Å²) in [6.07, 6.45) is 2.08. The summed E-state index contributed by atoms with van der Waals surface area (Å²) in [5.74, 6) is 0.267. The van der Waals surface area contributed by atoms with E-state index in [1.165, 1.54) is 16.8 Å². The first kappa shape index (κ1) is 21.2. The number of aromatic nitrogens is 1. The molecule has 0 amide bonds. The van der Waals surface area contributed by atoms with E-state index in [2.05, 4.69) is 27.3 Å². The van der Waals surface area contributed by atoms with Crippen molar-refractivity contribution in [2.45, 2.75) is 38.0 Å². The van der Waals surface area contributed by atoms with Crippen LogP contribution < -0.4 is 10.1 Å². The van der Waals surface area contributed by atoms with Crippen LogP contribution in [0.15, 0.2) is 48.5 Å². The Morgan fingerprint density at radius 3 is 2.67 bits per heavy atom. The van der Waals surface area contributed by atoms with Crippen molar-refractivity contribution in [2.24, 2.45) is 0 Å². The molecule has 7 heteroatoms. The van der Waals surface area contributed by atoms with Gasteiger partial charge in [0.05, 0.1) is 10.2 Å². The van der Waals surface area contributed by atoms with E-state index in [1.807, 2.05) is 12.1 Å². The minimum atomic E-state index is -0.963. The van der Waals surface area contributed by atoms with Crippen molar-refractivity contribution in [1.82, 2.24) is 15.2 Å². The van der Waals surface area contributed by atoms with Crippen molar-refractivity contribution in [3.05, 3.63) is 59.4 Å². The maximum atomic E-state index is 13.0. The van der Waals surface area contributed by atoms with Crippen LogP contribution in [0.4, 0.5) is 4.39 Å². The molecule has 1 saturated heterocycles. The van der Waals surface area contributed by atoms with E-state index in [9.17, 15) is 9.50 Å². The zero-order valence-electron chi connectivity index (χ0n) is 17.2. The lowest BCUT2D eigenvalue weighted by molar-refractivity contribution is -0.0227. The SMILES string of the molecule is CC(O)(COc1ccc(F)cc1)CN1CCC(NCc2nc3ccccc3s2)CC1. The van der Waals surface area contributed by atoms with Crippen molar-refractivity contribution in [1.29, 1.82) is 0 Å². The molecule has 0 aliphatic carbocycles. The van der Waals surface area contributed by atoms with E-state index < -0.39 is 5.60 Å². The van der Waals surface area contributed by atoms with Gasteiger partial charge < -0.3 is 20.1 Å². The van der Waals surface area contributed by atoms with Gasteiger partial charge in [0, 0.05) is 19.1 Å². The number of fused-ring (bicyclic) bond motifs is 1. The monoisotopic (exact) mass is 429 g/mol. The minimum Gasteiger partial charge on any atom is -0.491 e. The lowest BCUT2D eigenvalue weighted by atomic mass is 10.0. The van der Waals surface area contributed by atoms with E-state index >= 15 is 0 Å². The summed E-state index contributed by atoms with van der Waals surface area (Å²) >= 11 is 1.75. The zero-order valence-corrected chi connectivity index (χ0v) is 18.0. The molecule has 0 radical (unpaired) electrons. The predicted molar refractivity (Wildman–Crippen MR) is 118 cm³/mol. The maximum absolute atomic E-state index is 13.0. The fraction of sp³-hybridized carbons (Fsp3) is 0.435. The number of para-hydroxylation sites is 1. The van der Waals surface area contributed by atoms with Gasteiger partial charge in [0.25, 0.3) is 0 Å². The highest BCUT2D eigenvalue weighted by Gasteiger charge is 2.28. The summed E-state index contributed by atoms with van der Waals surface area (Å²) in [6, 6.07) is 14.6. The molecule has 0 saturated carbocycles. The molecule has 1 unspecified atom stereocenters. The Bertz CT molecular complexity index is 919. The molecule has 3 aromatic rings. The zero-order chi connectivity index (χ0) is 21.0. The number of hydrogen-bond donors (Lipinski definition) is 2. The van der Waals surface area contributed by atoms with Gasteiger partial charge >= 0.3 is 0 Å². The number of ether oxygens (including phenoxy) is 1. The van der Waals surface area contributed by atoms with Crippen LogP contribution in [0.2, 0.25) is 0 Å². The third-order valence-corrected chi connectivity index (χ3v) is 6.43. The molecule has 1 aliphatic heterocycles. The number of halogens is 1. The van der Waals surface area contributed by atoms with E-state index in [-0.39, 0.29) is 12.4 Å². The second-order valence-corrected chi connectivity index (χ2v) is 9.36. The van der Waals surface area contributed by atoms with Crippen molar-refractivity contribution < 1.29 is 14.2 Å². The van der Waals surface area contributed by atoms with E-state index in [4.69, 9.17) is 4.74 Å². The molecule has 30 heavy (non-hydrogen) atoms. The van der Waals surface area contributed by atoms with Gasteiger partial charge in [-0.15, -0.1) is 11.3 Å². The largest absolute Gasteiger partial charge is 0.491 e. The third-order valence-electron chi connectivity index (χ3n) is 5.40. The topological polar surface area (TPSA) is 57.6 Å². The van der Waals surface area contributed by atoms with Crippen molar-refractivity contribution in [3.63, 3.8) is 0 Å². The number of likely N-dealkylation sites (tertiary alicyclic amines) is 1. The summed E-state index contributed by atoms with van der Waals surface area (Å²) < 4.78 is 19.9. The molecule has 2 N–H and O–H groups in total. The van der Waals surface area contributed by atoms with Gasteiger partial charge in [-0.05, 0) is 69.3 Å². The van der Waals surface area contributed by atoms with Gasteiger partial charge in [0.2, 0.25) is 0 Å². The number of β-amino-alcohol motifs (C(OH)–C–C–N with tert-alkyl or cyclic N) is 1. The van der Waals surface area contributed by atoms with Crippen molar-refractivity contribution >= 4 is 21.6 Å². The molecule has 1 fully saturated rings. The van der Waals surface area contributed by atoms with Gasteiger partial charge in [-0.2, -0.15) is 0 Å². The van der Waals surface area contributed by atoms with E-state index in [0.29, 0.717) is 18.3 Å². The molecule has 1 aromatic heterocycles. The van der Waals surface area contributed by atoms with Crippen LogP contribution in [0.1, 0.15) is 24.8 Å². The van der Waals surface area contributed by atoms with Gasteiger partial charge in [-0.1, -0.05) is 12.1 Å². The normalized spacial score (nSPS) is 17.8. The van der Waals surface area contributed by atoms with Crippen molar-refractivity contribution in [3.8, 4) is 5.75 Å². The Kier molecular flexibility index (Phi) is 6.63. The number of piperidine rings is 1. The molecule has 160 valence electrons. The van der Waals surface area contributed by atoms with Gasteiger partial charge in [0.15, 0.2) is 0 Å². The van der Waals surface area contributed by atoms with Gasteiger partial charge in [-0.25, -0.2) is 9.37 Å². The van der Waals surface area contributed by atoms with E-state index in [0.717, 1.165) is 43.0 Å². The molecule has 5 nitrogen and oxygen atoms in total. The molecule has 1 atom stereocenters. The highest BCUT2D eigenvalue weighted by Crippen LogP contribution is 2.22. The smallest absolute Gasteiger partial charge is 0.123 e. The average Bonchev–Trinajstić information content (AvgIpc) is 3.16. The Morgan fingerprint density at radius 1 is 1.20 bits per heavy atom. The number of nitrogens with zero attached hydrogens (tertiary/aromatic N) is 2. The quantitative estimate of drug-likeness (QED) is 0.570. The second-order valence-electron chi connectivity index (χ2n) is 8.25. The number of hydrogen-bond acceptors (Lipinski definition) is 6. The number of rotatable bonds is 8. The van der Waals surface area contributed by atoms with Crippen LogP contribution in [0.5, 0.6) is 5.75 Å². The number of benzene rings is 2. The Hall–Kier alpha value is -2.06. The number of aliphatic hydroxyl groups is 1. The Labute approximate surface area is 180 Å². The van der Waals surface area contributed by atoms with Gasteiger partial charge in [0.1, 0.15) is 28.8 Å². The highest BCUT2D eigenvalue weighted by atomic mass is 32.1. The molecular formula is C23H28FN3O2S. The lowest BCUT2D eigenvalue weighted by Gasteiger charge is -2.36. The summed E-state index contributed by atoms with van der Waals surface area (Å²) in [7, 11) is 0. The maximum Gasteiger partial charge on any atom is 0.123 e. The summed E-state index contributed by atoms with van der Waals surface area (Å²) in [5.41, 5.74) is 0.106. The van der Waals surface area contributed by atoms with Crippen LogP contribution in [-0.2, 0) is 6.54 Å². The number of thiazole rings is 1. The fourth-order valence-corrected chi connectivity index (χ4v) is 4.74. The molecular weight excluding hydrogens is 401 g/mol. The molecule has 0 bridgehead atoms. The molecule has 2 heterocycles. The standard InChI is InChI=1S/C23H28FN3O2S/c1-23(28,16-29-19-8-6-17(24)7-9-19)15-27-12-10-18(11-13-27)25-14-22-26-20-4-2-3-5-21(20)30-22/h2-9,18,25,28H,10-16H2,1H3. The van der Waals surface area contributed by atoms with Crippen LogP contribution in [0.25, 0.3) is 10.2 Å². The predicted octanol–water partition coefficient (Wildman–Crippen LogP) is 3.82.